The van der Waals surface area contributed by atoms with Crippen molar-refractivity contribution in [2.45, 2.75) is 13.5 Å². The van der Waals surface area contributed by atoms with Crippen molar-refractivity contribution in [3.05, 3.63) is 33.7 Å². The summed E-state index contributed by atoms with van der Waals surface area (Å²) < 4.78 is 15.8. The van der Waals surface area contributed by atoms with Crippen molar-refractivity contribution in [2.24, 2.45) is 12.8 Å². The van der Waals surface area contributed by atoms with Crippen LogP contribution in [0.1, 0.15) is 11.3 Å². The van der Waals surface area contributed by atoms with E-state index in [0.717, 1.165) is 22.2 Å². The molecule has 2 N–H and O–H groups in total. The van der Waals surface area contributed by atoms with Gasteiger partial charge in [0.05, 0.1) is 9.99 Å². The summed E-state index contributed by atoms with van der Waals surface area (Å²) in [6.45, 7) is 2.47. The van der Waals surface area contributed by atoms with Gasteiger partial charge in [-0.05, 0) is 40.5 Å². The molecule has 2 rings (SSSR count). The number of aryl methyl sites for hydroxylation is 1. The molecule has 0 saturated carbocycles. The summed E-state index contributed by atoms with van der Waals surface area (Å²) in [5.74, 6) is -0.244. The second-order valence-electron chi connectivity index (χ2n) is 3.61. The van der Waals surface area contributed by atoms with Crippen LogP contribution in [-0.2, 0) is 13.6 Å². The van der Waals surface area contributed by atoms with Crippen molar-refractivity contribution in [3.63, 3.8) is 0 Å². The lowest BCUT2D eigenvalue weighted by Crippen LogP contribution is -1.98. The van der Waals surface area contributed by atoms with Gasteiger partial charge in [0.15, 0.2) is 0 Å². The van der Waals surface area contributed by atoms with Crippen LogP contribution in [0, 0.1) is 12.7 Å². The van der Waals surface area contributed by atoms with Gasteiger partial charge in [-0.25, -0.2) is 4.39 Å². The minimum atomic E-state index is -0.244. The highest BCUT2D eigenvalue weighted by Crippen LogP contribution is 2.29. The Morgan fingerprint density at radius 1 is 1.47 bits per heavy atom. The Balaban J connectivity index is 2.91. The summed E-state index contributed by atoms with van der Waals surface area (Å²) in [6, 6.07) is 3.32. The van der Waals surface area contributed by atoms with Crippen LogP contribution in [0.2, 0.25) is 0 Å². The molecule has 2 aromatic rings. The first kappa shape index (κ1) is 10.6. The first-order valence-corrected chi connectivity index (χ1v) is 5.48. The molecule has 0 radical (unpaired) electrons. The molecular formula is C11H12BrFN2. The van der Waals surface area contributed by atoms with Crippen molar-refractivity contribution in [3.8, 4) is 0 Å². The van der Waals surface area contributed by atoms with Crippen LogP contribution in [0.15, 0.2) is 16.6 Å². The van der Waals surface area contributed by atoms with E-state index < -0.39 is 0 Å². The predicted molar refractivity (Wildman–Crippen MR) is 63.2 cm³/mol. The Bertz CT molecular complexity index is 531. The monoisotopic (exact) mass is 270 g/mol. The lowest BCUT2D eigenvalue weighted by Gasteiger charge is -1.99. The molecule has 0 saturated heterocycles. The van der Waals surface area contributed by atoms with Crippen LogP contribution in [-0.4, -0.2) is 4.57 Å². The van der Waals surface area contributed by atoms with E-state index in [1.54, 1.807) is 6.07 Å². The largest absolute Gasteiger partial charge is 0.348 e. The summed E-state index contributed by atoms with van der Waals surface area (Å²) in [7, 11) is 1.92. The second-order valence-corrected chi connectivity index (χ2v) is 4.46. The van der Waals surface area contributed by atoms with Gasteiger partial charge < -0.3 is 10.3 Å². The lowest BCUT2D eigenvalue weighted by molar-refractivity contribution is 0.622. The highest BCUT2D eigenvalue weighted by Gasteiger charge is 2.12. The van der Waals surface area contributed by atoms with Gasteiger partial charge in [-0.15, -0.1) is 0 Å². The van der Waals surface area contributed by atoms with Crippen molar-refractivity contribution >= 4 is 26.8 Å². The third-order valence-corrected chi connectivity index (χ3v) is 3.48. The van der Waals surface area contributed by atoms with Crippen LogP contribution < -0.4 is 5.73 Å². The van der Waals surface area contributed by atoms with Gasteiger partial charge >= 0.3 is 0 Å². The molecule has 0 amide bonds. The number of hydrogen-bond donors (Lipinski definition) is 1. The summed E-state index contributed by atoms with van der Waals surface area (Å²) in [4.78, 5) is 0. The fourth-order valence-electron chi connectivity index (χ4n) is 1.89. The Morgan fingerprint density at radius 2 is 2.13 bits per heavy atom. The average Bonchev–Trinajstić information content (AvgIpc) is 2.42. The first-order valence-electron chi connectivity index (χ1n) is 4.69. The van der Waals surface area contributed by atoms with E-state index in [2.05, 4.69) is 15.9 Å². The van der Waals surface area contributed by atoms with E-state index in [9.17, 15) is 4.39 Å². The van der Waals surface area contributed by atoms with Crippen LogP contribution in [0.5, 0.6) is 0 Å². The Hall–Kier alpha value is -0.870. The fourth-order valence-corrected chi connectivity index (χ4v) is 2.23. The van der Waals surface area contributed by atoms with Crippen LogP contribution in [0.25, 0.3) is 10.9 Å². The minimum absolute atomic E-state index is 0.244. The molecule has 15 heavy (non-hydrogen) atoms. The maximum absolute atomic E-state index is 13.4. The standard InChI is InChI=1S/C11H12BrFN2/c1-6-8(5-14)7-3-9(12)10(13)4-11(7)15(6)2/h3-4H,5,14H2,1-2H3. The molecule has 0 atom stereocenters. The molecule has 0 aliphatic carbocycles. The average molecular weight is 271 g/mol. The third-order valence-electron chi connectivity index (χ3n) is 2.87. The maximum Gasteiger partial charge on any atom is 0.139 e. The number of halogens is 2. The quantitative estimate of drug-likeness (QED) is 0.849. The molecule has 1 heterocycles. The van der Waals surface area contributed by atoms with Crippen molar-refractivity contribution < 1.29 is 4.39 Å². The van der Waals surface area contributed by atoms with Crippen molar-refractivity contribution in [1.82, 2.24) is 4.57 Å². The van der Waals surface area contributed by atoms with E-state index in [0.29, 0.717) is 11.0 Å². The summed E-state index contributed by atoms with van der Waals surface area (Å²) in [5, 5.41) is 1.02. The molecule has 0 spiro atoms. The molecule has 0 fully saturated rings. The molecule has 0 aliphatic heterocycles. The van der Waals surface area contributed by atoms with Gasteiger partial charge in [0.25, 0.3) is 0 Å². The molecule has 2 nitrogen and oxygen atoms in total. The number of nitrogens with two attached hydrogens (primary N) is 1. The number of aromatic nitrogens is 1. The fraction of sp³-hybridized carbons (Fsp3) is 0.273. The SMILES string of the molecule is Cc1c(CN)c2cc(Br)c(F)cc2n1C. The molecule has 0 unspecified atom stereocenters. The molecule has 1 aromatic heterocycles. The smallest absolute Gasteiger partial charge is 0.139 e. The topological polar surface area (TPSA) is 30.9 Å². The molecule has 0 bridgehead atoms. The van der Waals surface area contributed by atoms with E-state index in [4.69, 9.17) is 5.73 Å². The van der Waals surface area contributed by atoms with Gasteiger partial charge in [0, 0.05) is 24.7 Å². The number of hydrogen-bond acceptors (Lipinski definition) is 1. The normalized spacial score (nSPS) is 11.3. The zero-order valence-electron chi connectivity index (χ0n) is 8.64. The summed E-state index contributed by atoms with van der Waals surface area (Å²) >= 11 is 3.19. The maximum atomic E-state index is 13.4. The zero-order chi connectivity index (χ0) is 11.2. The van der Waals surface area contributed by atoms with Gasteiger partial charge in [0.1, 0.15) is 5.82 Å². The van der Waals surface area contributed by atoms with E-state index in [-0.39, 0.29) is 5.82 Å². The van der Waals surface area contributed by atoms with Crippen molar-refractivity contribution in [2.75, 3.05) is 0 Å². The highest BCUT2D eigenvalue weighted by molar-refractivity contribution is 9.10. The molecule has 1 aromatic carbocycles. The molecule has 80 valence electrons. The van der Waals surface area contributed by atoms with Gasteiger partial charge in [-0.1, -0.05) is 0 Å². The van der Waals surface area contributed by atoms with Crippen LogP contribution >= 0.6 is 15.9 Å². The summed E-state index contributed by atoms with van der Waals surface area (Å²) in [5.41, 5.74) is 8.74. The lowest BCUT2D eigenvalue weighted by atomic mass is 10.1. The Kier molecular flexibility index (Phi) is 2.56. The highest BCUT2D eigenvalue weighted by atomic mass is 79.9. The Labute approximate surface area is 96.0 Å². The number of benzene rings is 1. The van der Waals surface area contributed by atoms with Gasteiger partial charge in [-0.3, -0.25) is 0 Å². The van der Waals surface area contributed by atoms with E-state index in [1.807, 2.05) is 18.5 Å². The third kappa shape index (κ3) is 1.48. The minimum Gasteiger partial charge on any atom is -0.348 e. The van der Waals surface area contributed by atoms with E-state index in [1.165, 1.54) is 6.07 Å². The predicted octanol–water partition coefficient (Wildman–Crippen LogP) is 2.85. The first-order chi connectivity index (χ1) is 7.06. The number of nitrogens with zero attached hydrogens (tertiary/aromatic N) is 1. The van der Waals surface area contributed by atoms with Gasteiger partial charge in [0.2, 0.25) is 0 Å². The molecular weight excluding hydrogens is 259 g/mol. The summed E-state index contributed by atoms with van der Waals surface area (Å²) in [6.07, 6.45) is 0. The second kappa shape index (κ2) is 3.61. The molecule has 4 heteroatoms. The number of fused-ring (bicyclic) bond motifs is 1. The Morgan fingerprint density at radius 3 is 2.73 bits per heavy atom. The van der Waals surface area contributed by atoms with Crippen LogP contribution in [0.4, 0.5) is 4.39 Å². The van der Waals surface area contributed by atoms with Crippen molar-refractivity contribution in [1.29, 1.82) is 0 Å². The van der Waals surface area contributed by atoms with Gasteiger partial charge in [-0.2, -0.15) is 0 Å². The zero-order valence-corrected chi connectivity index (χ0v) is 10.2. The molecule has 0 aliphatic rings. The van der Waals surface area contributed by atoms with Crippen LogP contribution in [0.3, 0.4) is 0 Å². The van der Waals surface area contributed by atoms with E-state index >= 15 is 0 Å². The number of rotatable bonds is 1.